The second-order valence-corrected chi connectivity index (χ2v) is 5.94. The third kappa shape index (κ3) is 3.52. The minimum Gasteiger partial charge on any atom is -0.350 e. The normalized spacial score (nSPS) is 17.2. The average molecular weight is 271 g/mol. The molecule has 0 radical (unpaired) electrons. The summed E-state index contributed by atoms with van der Waals surface area (Å²) in [5.41, 5.74) is 1.03. The monoisotopic (exact) mass is 271 g/mol. The summed E-state index contributed by atoms with van der Waals surface area (Å²) >= 11 is 0. The van der Waals surface area contributed by atoms with E-state index in [1.807, 2.05) is 6.92 Å². The maximum atomic E-state index is 11.9. The Labute approximate surface area is 107 Å². The van der Waals surface area contributed by atoms with Crippen molar-refractivity contribution in [3.05, 3.63) is 29.8 Å². The summed E-state index contributed by atoms with van der Waals surface area (Å²) in [6.07, 6.45) is 0.233. The van der Waals surface area contributed by atoms with Gasteiger partial charge in [-0.2, -0.15) is 0 Å². The van der Waals surface area contributed by atoms with Gasteiger partial charge in [-0.1, -0.05) is 17.7 Å². The minimum atomic E-state index is -3.43. The number of hydrogen-bond acceptors (Lipinski definition) is 4. The van der Waals surface area contributed by atoms with Crippen molar-refractivity contribution in [2.24, 2.45) is 0 Å². The van der Waals surface area contributed by atoms with Gasteiger partial charge in [0.2, 0.25) is 10.0 Å². The topological polar surface area (TPSA) is 64.6 Å². The van der Waals surface area contributed by atoms with Gasteiger partial charge in [-0.3, -0.25) is 0 Å². The third-order valence-corrected chi connectivity index (χ3v) is 4.17. The standard InChI is InChI=1S/C12H17NO4S/c1-10-2-4-11(5-3-10)18(14,15)13-7-6-12-16-8-9-17-12/h2-5,12-13H,6-9H2,1H3. The van der Waals surface area contributed by atoms with Gasteiger partial charge >= 0.3 is 0 Å². The van der Waals surface area contributed by atoms with Crippen LogP contribution in [0.5, 0.6) is 0 Å². The van der Waals surface area contributed by atoms with E-state index in [9.17, 15) is 8.42 Å². The molecule has 100 valence electrons. The molecule has 0 spiro atoms. The number of benzene rings is 1. The predicted octanol–water partition coefficient (Wildman–Crippen LogP) is 1.04. The fourth-order valence-corrected chi connectivity index (χ4v) is 2.73. The lowest BCUT2D eigenvalue weighted by Gasteiger charge is -2.10. The average Bonchev–Trinajstić information content (AvgIpc) is 2.82. The molecule has 0 aliphatic carbocycles. The number of rotatable bonds is 5. The van der Waals surface area contributed by atoms with Crippen LogP contribution in [0.2, 0.25) is 0 Å². The molecule has 2 rings (SSSR count). The minimum absolute atomic E-state index is 0.279. The van der Waals surface area contributed by atoms with Crippen molar-refractivity contribution in [2.75, 3.05) is 19.8 Å². The molecule has 1 aliphatic rings. The first-order valence-electron chi connectivity index (χ1n) is 5.87. The Hall–Kier alpha value is -0.950. The molecule has 1 saturated heterocycles. The smallest absolute Gasteiger partial charge is 0.240 e. The number of ether oxygens (including phenoxy) is 2. The molecular formula is C12H17NO4S. The zero-order chi connectivity index (χ0) is 13.0. The summed E-state index contributed by atoms with van der Waals surface area (Å²) < 4.78 is 36.8. The van der Waals surface area contributed by atoms with Crippen molar-refractivity contribution in [1.82, 2.24) is 4.72 Å². The van der Waals surface area contributed by atoms with Crippen LogP contribution in [0.3, 0.4) is 0 Å². The van der Waals surface area contributed by atoms with Gasteiger partial charge in [0.25, 0.3) is 0 Å². The van der Waals surface area contributed by atoms with Gasteiger partial charge < -0.3 is 9.47 Å². The van der Waals surface area contributed by atoms with Gasteiger partial charge in [0.1, 0.15) is 0 Å². The molecule has 6 heteroatoms. The third-order valence-electron chi connectivity index (χ3n) is 2.69. The van der Waals surface area contributed by atoms with E-state index in [2.05, 4.69) is 4.72 Å². The van der Waals surface area contributed by atoms with Crippen LogP contribution in [0.15, 0.2) is 29.2 Å². The summed E-state index contributed by atoms with van der Waals surface area (Å²) in [5, 5.41) is 0. The van der Waals surface area contributed by atoms with Crippen LogP contribution >= 0.6 is 0 Å². The van der Waals surface area contributed by atoms with Crippen molar-refractivity contribution in [2.45, 2.75) is 24.5 Å². The second-order valence-electron chi connectivity index (χ2n) is 4.17. The van der Waals surface area contributed by atoms with Crippen LogP contribution < -0.4 is 4.72 Å². The number of aryl methyl sites for hydroxylation is 1. The van der Waals surface area contributed by atoms with Crippen molar-refractivity contribution >= 4 is 10.0 Å². The second kappa shape index (κ2) is 5.79. The van der Waals surface area contributed by atoms with Crippen LogP contribution in [-0.2, 0) is 19.5 Å². The van der Waals surface area contributed by atoms with Crippen LogP contribution in [0, 0.1) is 6.92 Å². The maximum Gasteiger partial charge on any atom is 0.240 e. The van der Waals surface area contributed by atoms with E-state index in [0.29, 0.717) is 26.2 Å². The Morgan fingerprint density at radius 2 is 1.83 bits per heavy atom. The molecule has 1 aromatic carbocycles. The summed E-state index contributed by atoms with van der Waals surface area (Å²) in [6, 6.07) is 6.75. The highest BCUT2D eigenvalue weighted by Crippen LogP contribution is 2.11. The molecule has 0 unspecified atom stereocenters. The molecule has 1 heterocycles. The highest BCUT2D eigenvalue weighted by Gasteiger charge is 2.18. The quantitative estimate of drug-likeness (QED) is 0.869. The highest BCUT2D eigenvalue weighted by molar-refractivity contribution is 7.89. The molecule has 0 aromatic heterocycles. The summed E-state index contributed by atoms with van der Waals surface area (Å²) in [5.74, 6) is 0. The van der Waals surface area contributed by atoms with E-state index in [-0.39, 0.29) is 11.2 Å². The first kappa shape index (κ1) is 13.5. The fourth-order valence-electron chi connectivity index (χ4n) is 1.69. The molecule has 1 N–H and O–H groups in total. The van der Waals surface area contributed by atoms with Crippen LogP contribution in [0.25, 0.3) is 0 Å². The molecule has 18 heavy (non-hydrogen) atoms. The van der Waals surface area contributed by atoms with Crippen molar-refractivity contribution in [3.8, 4) is 0 Å². The molecule has 5 nitrogen and oxygen atoms in total. The van der Waals surface area contributed by atoms with Gasteiger partial charge in [0.15, 0.2) is 6.29 Å². The van der Waals surface area contributed by atoms with Crippen molar-refractivity contribution in [3.63, 3.8) is 0 Å². The molecule has 0 amide bonds. The molecular weight excluding hydrogens is 254 g/mol. The van der Waals surface area contributed by atoms with Crippen LogP contribution in [0.1, 0.15) is 12.0 Å². The molecule has 0 bridgehead atoms. The molecule has 1 fully saturated rings. The van der Waals surface area contributed by atoms with Gasteiger partial charge in [0, 0.05) is 13.0 Å². The number of nitrogens with one attached hydrogen (secondary N) is 1. The van der Waals surface area contributed by atoms with Gasteiger partial charge in [0.05, 0.1) is 18.1 Å². The van der Waals surface area contributed by atoms with E-state index < -0.39 is 10.0 Å². The fraction of sp³-hybridized carbons (Fsp3) is 0.500. The Kier molecular flexibility index (Phi) is 4.34. The first-order valence-corrected chi connectivity index (χ1v) is 7.36. The molecule has 1 aliphatic heterocycles. The van der Waals surface area contributed by atoms with E-state index >= 15 is 0 Å². The van der Waals surface area contributed by atoms with E-state index in [1.54, 1.807) is 24.3 Å². The Bertz CT molecular complexity index is 477. The van der Waals surface area contributed by atoms with Crippen molar-refractivity contribution < 1.29 is 17.9 Å². The Morgan fingerprint density at radius 1 is 1.22 bits per heavy atom. The maximum absolute atomic E-state index is 11.9. The largest absolute Gasteiger partial charge is 0.350 e. The highest BCUT2D eigenvalue weighted by atomic mass is 32.2. The van der Waals surface area contributed by atoms with Crippen molar-refractivity contribution in [1.29, 1.82) is 0 Å². The lowest BCUT2D eigenvalue weighted by molar-refractivity contribution is -0.0451. The molecule has 0 saturated carbocycles. The van der Waals surface area contributed by atoms with E-state index in [1.165, 1.54) is 0 Å². The molecule has 1 aromatic rings. The van der Waals surface area contributed by atoms with Crippen LogP contribution in [0.4, 0.5) is 0 Å². The molecule has 0 atom stereocenters. The first-order chi connectivity index (χ1) is 8.58. The lowest BCUT2D eigenvalue weighted by Crippen LogP contribution is -2.27. The Balaban J connectivity index is 1.88. The van der Waals surface area contributed by atoms with Gasteiger partial charge in [-0.05, 0) is 19.1 Å². The SMILES string of the molecule is Cc1ccc(S(=O)(=O)NCCC2OCCO2)cc1. The van der Waals surface area contributed by atoms with E-state index in [4.69, 9.17) is 9.47 Å². The summed E-state index contributed by atoms with van der Waals surface area (Å²) in [7, 11) is -3.43. The number of sulfonamides is 1. The van der Waals surface area contributed by atoms with E-state index in [0.717, 1.165) is 5.56 Å². The summed E-state index contributed by atoms with van der Waals surface area (Å²) in [4.78, 5) is 0.279. The van der Waals surface area contributed by atoms with Crippen LogP contribution in [-0.4, -0.2) is 34.5 Å². The Morgan fingerprint density at radius 3 is 2.44 bits per heavy atom. The number of hydrogen-bond donors (Lipinski definition) is 1. The predicted molar refractivity (Wildman–Crippen MR) is 66.7 cm³/mol. The van der Waals surface area contributed by atoms with Gasteiger partial charge in [-0.25, -0.2) is 13.1 Å². The lowest BCUT2D eigenvalue weighted by atomic mass is 10.2. The summed E-state index contributed by atoms with van der Waals surface area (Å²) in [6.45, 7) is 3.38. The van der Waals surface area contributed by atoms with Gasteiger partial charge in [-0.15, -0.1) is 0 Å². The zero-order valence-corrected chi connectivity index (χ0v) is 11.1. The zero-order valence-electron chi connectivity index (χ0n) is 10.3.